The predicted molar refractivity (Wildman–Crippen MR) is 56.2 cm³/mol. The van der Waals surface area contributed by atoms with Crippen LogP contribution in [0.1, 0.15) is 33.6 Å². The number of hydrogen-bond acceptors (Lipinski definition) is 5. The molecule has 1 atom stereocenters. The Bertz CT molecular complexity index is 334. The van der Waals surface area contributed by atoms with Crippen LogP contribution in [0.5, 0.6) is 0 Å². The topological polar surface area (TPSA) is 63.1 Å². The highest BCUT2D eigenvalue weighted by atomic mass is 32.2. The van der Waals surface area contributed by atoms with Gasteiger partial charge in [-0.05, 0) is 18.6 Å². The molecule has 0 aliphatic carbocycles. The Morgan fingerprint density at radius 1 is 1.50 bits per heavy atom. The van der Waals surface area contributed by atoms with Gasteiger partial charge in [0.05, 0.1) is 0 Å². The van der Waals surface area contributed by atoms with Crippen molar-refractivity contribution in [1.29, 1.82) is 0 Å². The van der Waals surface area contributed by atoms with E-state index < -0.39 is 5.97 Å². The summed E-state index contributed by atoms with van der Waals surface area (Å²) >= 11 is 3.12. The Hall–Kier alpha value is -0.620. The summed E-state index contributed by atoms with van der Waals surface area (Å²) in [6.07, 6.45) is 2.30. The normalized spacial score (nSPS) is 22.1. The van der Waals surface area contributed by atoms with Crippen LogP contribution in [0.2, 0.25) is 0 Å². The first-order valence-electron chi connectivity index (χ1n) is 4.42. The maximum atomic E-state index is 10.6. The van der Waals surface area contributed by atoms with Gasteiger partial charge in [-0.3, -0.25) is 0 Å². The summed E-state index contributed by atoms with van der Waals surface area (Å²) in [5, 5.41) is 17.3. The van der Waals surface area contributed by atoms with E-state index >= 15 is 0 Å². The summed E-state index contributed by atoms with van der Waals surface area (Å²) in [5.74, 6) is 1.70. The Labute approximate surface area is 89.7 Å². The van der Waals surface area contributed by atoms with Crippen LogP contribution in [0.4, 0.5) is 0 Å². The van der Waals surface area contributed by atoms with Gasteiger partial charge in [0.15, 0.2) is 0 Å². The molecule has 0 bridgehead atoms. The van der Waals surface area contributed by atoms with Crippen molar-refractivity contribution >= 4 is 29.1 Å². The van der Waals surface area contributed by atoms with Gasteiger partial charge in [0.1, 0.15) is 5.01 Å². The van der Waals surface area contributed by atoms with E-state index in [9.17, 15) is 4.79 Å². The van der Waals surface area contributed by atoms with E-state index in [4.69, 9.17) is 5.11 Å². The molecule has 2 heterocycles. The highest BCUT2D eigenvalue weighted by Crippen LogP contribution is 2.32. The zero-order valence-corrected chi connectivity index (χ0v) is 9.11. The molecular formula is C8H10N2O2S2. The molecule has 2 rings (SSSR count). The standard InChI is InChI=1S/C8H10N2O2S2/c11-8(12)7-10-9-6(14-7)5-2-1-3-13-4-5/h5H,1-4H2,(H,11,12). The first kappa shape index (κ1) is 9.92. The molecule has 1 saturated heterocycles. The van der Waals surface area contributed by atoms with Crippen LogP contribution in [0.3, 0.4) is 0 Å². The molecule has 14 heavy (non-hydrogen) atoms. The highest BCUT2D eigenvalue weighted by molar-refractivity contribution is 7.99. The molecular weight excluding hydrogens is 220 g/mol. The van der Waals surface area contributed by atoms with Crippen molar-refractivity contribution in [3.8, 4) is 0 Å². The van der Waals surface area contributed by atoms with Crippen molar-refractivity contribution in [2.24, 2.45) is 0 Å². The lowest BCUT2D eigenvalue weighted by molar-refractivity contribution is 0.0695. The Morgan fingerprint density at radius 2 is 2.36 bits per heavy atom. The van der Waals surface area contributed by atoms with E-state index in [1.165, 1.54) is 23.5 Å². The van der Waals surface area contributed by atoms with E-state index in [0.29, 0.717) is 5.92 Å². The minimum Gasteiger partial charge on any atom is -0.476 e. The maximum Gasteiger partial charge on any atom is 0.367 e. The third-order valence-electron chi connectivity index (χ3n) is 2.13. The number of hydrogen-bond donors (Lipinski definition) is 1. The predicted octanol–water partition coefficient (Wildman–Crippen LogP) is 1.85. The van der Waals surface area contributed by atoms with Gasteiger partial charge in [0.25, 0.3) is 0 Å². The molecule has 0 spiro atoms. The average Bonchev–Trinajstić information content (AvgIpc) is 2.68. The second-order valence-electron chi connectivity index (χ2n) is 3.16. The second kappa shape index (κ2) is 4.27. The van der Waals surface area contributed by atoms with Crippen molar-refractivity contribution in [3.05, 3.63) is 10.0 Å². The molecule has 1 aliphatic heterocycles. The largest absolute Gasteiger partial charge is 0.476 e. The molecule has 0 amide bonds. The van der Waals surface area contributed by atoms with Gasteiger partial charge >= 0.3 is 5.97 Å². The quantitative estimate of drug-likeness (QED) is 0.840. The molecule has 4 nitrogen and oxygen atoms in total. The molecule has 1 N–H and O–H groups in total. The van der Waals surface area contributed by atoms with E-state index in [1.807, 2.05) is 11.8 Å². The molecule has 6 heteroatoms. The van der Waals surface area contributed by atoms with Crippen LogP contribution in [0.25, 0.3) is 0 Å². The van der Waals surface area contributed by atoms with Crippen molar-refractivity contribution in [1.82, 2.24) is 10.2 Å². The molecule has 1 aromatic heterocycles. The maximum absolute atomic E-state index is 10.6. The fraction of sp³-hybridized carbons (Fsp3) is 0.625. The Kier molecular flexibility index (Phi) is 3.02. The summed E-state index contributed by atoms with van der Waals surface area (Å²) in [6.45, 7) is 0. The lowest BCUT2D eigenvalue weighted by Gasteiger charge is -2.17. The minimum absolute atomic E-state index is 0.107. The van der Waals surface area contributed by atoms with Crippen LogP contribution < -0.4 is 0 Å². The number of carbonyl (C=O) groups is 1. The highest BCUT2D eigenvalue weighted by Gasteiger charge is 2.21. The van der Waals surface area contributed by atoms with Gasteiger partial charge in [0.2, 0.25) is 5.01 Å². The molecule has 1 aromatic rings. The van der Waals surface area contributed by atoms with E-state index in [-0.39, 0.29) is 5.01 Å². The van der Waals surface area contributed by atoms with Crippen molar-refractivity contribution in [3.63, 3.8) is 0 Å². The van der Waals surface area contributed by atoms with Crippen molar-refractivity contribution in [2.75, 3.05) is 11.5 Å². The zero-order chi connectivity index (χ0) is 9.97. The Balaban J connectivity index is 2.11. The monoisotopic (exact) mass is 230 g/mol. The molecule has 1 fully saturated rings. The minimum atomic E-state index is -0.975. The zero-order valence-electron chi connectivity index (χ0n) is 7.47. The third kappa shape index (κ3) is 2.06. The van der Waals surface area contributed by atoms with Crippen LogP contribution in [-0.2, 0) is 0 Å². The lowest BCUT2D eigenvalue weighted by Crippen LogP contribution is -2.08. The number of carboxylic acid groups (broad SMARTS) is 1. The van der Waals surface area contributed by atoms with E-state index in [1.54, 1.807) is 0 Å². The van der Waals surface area contributed by atoms with Crippen LogP contribution in [0.15, 0.2) is 0 Å². The van der Waals surface area contributed by atoms with Crippen LogP contribution in [-0.4, -0.2) is 32.8 Å². The Morgan fingerprint density at radius 3 is 2.93 bits per heavy atom. The summed E-state index contributed by atoms with van der Waals surface area (Å²) in [4.78, 5) is 10.6. The van der Waals surface area contributed by atoms with Gasteiger partial charge in [-0.1, -0.05) is 11.3 Å². The lowest BCUT2D eigenvalue weighted by atomic mass is 10.1. The summed E-state index contributed by atoms with van der Waals surface area (Å²) < 4.78 is 0. The number of nitrogens with zero attached hydrogens (tertiary/aromatic N) is 2. The number of carboxylic acids is 1. The van der Waals surface area contributed by atoms with E-state index in [0.717, 1.165) is 17.2 Å². The first-order valence-corrected chi connectivity index (χ1v) is 6.39. The summed E-state index contributed by atoms with van der Waals surface area (Å²) in [5.41, 5.74) is 0. The van der Waals surface area contributed by atoms with Crippen molar-refractivity contribution < 1.29 is 9.90 Å². The fourth-order valence-electron chi connectivity index (χ4n) is 1.42. The SMILES string of the molecule is O=C(O)c1nnc(C2CCCSC2)s1. The number of thioether (sulfide) groups is 1. The molecule has 1 aliphatic rings. The van der Waals surface area contributed by atoms with Gasteiger partial charge < -0.3 is 5.11 Å². The van der Waals surface area contributed by atoms with E-state index in [2.05, 4.69) is 10.2 Å². The van der Waals surface area contributed by atoms with Gasteiger partial charge in [-0.15, -0.1) is 10.2 Å². The average molecular weight is 230 g/mol. The first-order chi connectivity index (χ1) is 6.77. The number of aromatic nitrogens is 2. The van der Waals surface area contributed by atoms with Gasteiger partial charge in [-0.2, -0.15) is 11.8 Å². The number of rotatable bonds is 2. The molecule has 0 aromatic carbocycles. The summed E-state index contributed by atoms with van der Waals surface area (Å²) in [6, 6.07) is 0. The van der Waals surface area contributed by atoms with Crippen molar-refractivity contribution in [2.45, 2.75) is 18.8 Å². The molecule has 1 unspecified atom stereocenters. The van der Waals surface area contributed by atoms with Crippen LogP contribution >= 0.6 is 23.1 Å². The van der Waals surface area contributed by atoms with Crippen LogP contribution in [0, 0.1) is 0 Å². The van der Waals surface area contributed by atoms with Gasteiger partial charge in [-0.25, -0.2) is 4.79 Å². The number of aromatic carboxylic acids is 1. The van der Waals surface area contributed by atoms with Gasteiger partial charge in [0, 0.05) is 11.7 Å². The third-order valence-corrected chi connectivity index (χ3v) is 4.42. The summed E-state index contributed by atoms with van der Waals surface area (Å²) in [7, 11) is 0. The fourth-order valence-corrected chi connectivity index (χ4v) is 3.49. The second-order valence-corrected chi connectivity index (χ2v) is 5.32. The molecule has 0 radical (unpaired) electrons. The smallest absolute Gasteiger partial charge is 0.367 e. The molecule has 0 saturated carbocycles. The molecule has 76 valence electrons.